The van der Waals surface area contributed by atoms with Crippen LogP contribution in [0, 0.1) is 11.3 Å². The molecule has 1 aromatic rings. The Balaban J connectivity index is 2.45. The minimum Gasteiger partial charge on any atom is -0.493 e. The lowest BCUT2D eigenvalue weighted by atomic mass is 10.2. The monoisotopic (exact) mass is 317 g/mol. The van der Waals surface area contributed by atoms with Gasteiger partial charge in [0.15, 0.2) is 9.84 Å². The fourth-order valence-electron chi connectivity index (χ4n) is 1.29. The fourth-order valence-corrected chi connectivity index (χ4v) is 4.06. The van der Waals surface area contributed by atoms with Crippen LogP contribution in [0.4, 0.5) is 0 Å². The summed E-state index contributed by atoms with van der Waals surface area (Å²) in [5, 5.41) is 8.62. The Morgan fingerprint density at radius 3 is 2.15 bits per heavy atom. The van der Waals surface area contributed by atoms with E-state index in [0.717, 1.165) is 6.26 Å². The van der Waals surface area contributed by atoms with Gasteiger partial charge in [0.2, 0.25) is 0 Å². The minimum absolute atomic E-state index is 0.0575. The molecule has 20 heavy (non-hydrogen) atoms. The molecule has 1 aromatic carbocycles. The van der Waals surface area contributed by atoms with Gasteiger partial charge in [-0.2, -0.15) is 5.26 Å². The van der Waals surface area contributed by atoms with Crippen LogP contribution in [0.15, 0.2) is 24.3 Å². The van der Waals surface area contributed by atoms with Crippen LogP contribution >= 0.6 is 0 Å². The van der Waals surface area contributed by atoms with Crippen LogP contribution < -0.4 is 4.74 Å². The van der Waals surface area contributed by atoms with Crippen molar-refractivity contribution >= 4 is 19.7 Å². The molecule has 0 amide bonds. The highest BCUT2D eigenvalue weighted by Crippen LogP contribution is 2.11. The molecule has 0 aliphatic carbocycles. The van der Waals surface area contributed by atoms with E-state index in [2.05, 4.69) is 0 Å². The number of ether oxygens (including phenoxy) is 1. The number of hydrogen-bond donors (Lipinski definition) is 0. The average molecular weight is 317 g/mol. The van der Waals surface area contributed by atoms with Crippen LogP contribution in [0.1, 0.15) is 5.56 Å². The van der Waals surface area contributed by atoms with Gasteiger partial charge in [0.05, 0.1) is 28.9 Å². The SMILES string of the molecule is CS(=O)(=O)CCS(=O)(=O)CCOc1ccc(C#N)cc1. The molecule has 1 rings (SSSR count). The molecule has 0 spiro atoms. The van der Waals surface area contributed by atoms with E-state index >= 15 is 0 Å². The van der Waals surface area contributed by atoms with Gasteiger partial charge in [-0.15, -0.1) is 0 Å². The second kappa shape index (κ2) is 6.72. The summed E-state index contributed by atoms with van der Waals surface area (Å²) in [7, 11) is -6.75. The lowest BCUT2D eigenvalue weighted by molar-refractivity contribution is 0.341. The van der Waals surface area contributed by atoms with Gasteiger partial charge in [0.1, 0.15) is 22.2 Å². The van der Waals surface area contributed by atoms with Crippen LogP contribution in [0.25, 0.3) is 0 Å². The number of rotatable bonds is 7. The molecule has 0 N–H and O–H groups in total. The van der Waals surface area contributed by atoms with E-state index in [1.165, 1.54) is 0 Å². The standard InChI is InChI=1S/C12H15NO5S2/c1-19(14,15)8-9-20(16,17)7-6-18-12-4-2-11(10-13)3-5-12/h2-5H,6-9H2,1H3. The third kappa shape index (κ3) is 6.54. The highest BCUT2D eigenvalue weighted by molar-refractivity contribution is 7.94. The first-order valence-electron chi connectivity index (χ1n) is 5.73. The Kier molecular flexibility index (Phi) is 5.53. The number of benzene rings is 1. The molecule has 0 aliphatic heterocycles. The fraction of sp³-hybridized carbons (Fsp3) is 0.417. The van der Waals surface area contributed by atoms with Crippen LogP contribution in [0.2, 0.25) is 0 Å². The predicted octanol–water partition coefficient (Wildman–Crippen LogP) is 0.396. The van der Waals surface area contributed by atoms with E-state index in [-0.39, 0.29) is 18.1 Å². The maximum absolute atomic E-state index is 11.6. The summed E-state index contributed by atoms with van der Waals surface area (Å²) in [4.78, 5) is 0. The Bertz CT molecular complexity index is 684. The third-order valence-corrected chi connectivity index (χ3v) is 5.23. The van der Waals surface area contributed by atoms with Gasteiger partial charge in [0, 0.05) is 6.26 Å². The van der Waals surface area contributed by atoms with E-state index in [4.69, 9.17) is 10.00 Å². The molecule has 6 nitrogen and oxygen atoms in total. The van der Waals surface area contributed by atoms with E-state index in [1.807, 2.05) is 6.07 Å². The van der Waals surface area contributed by atoms with Gasteiger partial charge >= 0.3 is 0 Å². The maximum atomic E-state index is 11.6. The zero-order chi connectivity index (χ0) is 15.2. The van der Waals surface area contributed by atoms with E-state index in [0.29, 0.717) is 11.3 Å². The smallest absolute Gasteiger partial charge is 0.154 e. The first-order chi connectivity index (χ1) is 9.22. The van der Waals surface area contributed by atoms with Crippen molar-refractivity contribution in [2.45, 2.75) is 0 Å². The average Bonchev–Trinajstić information content (AvgIpc) is 2.37. The molecule has 0 atom stereocenters. The molecule has 0 aliphatic rings. The van der Waals surface area contributed by atoms with Crippen molar-refractivity contribution in [2.75, 3.05) is 30.1 Å². The van der Waals surface area contributed by atoms with Crippen LogP contribution in [-0.4, -0.2) is 47.0 Å². The first kappa shape index (κ1) is 16.5. The van der Waals surface area contributed by atoms with Crippen LogP contribution in [0.5, 0.6) is 5.75 Å². The number of sulfone groups is 2. The van der Waals surface area contributed by atoms with Crippen molar-refractivity contribution < 1.29 is 21.6 Å². The second-order valence-electron chi connectivity index (χ2n) is 4.27. The molecular formula is C12H15NO5S2. The molecule has 0 heterocycles. The molecule has 0 aromatic heterocycles. The van der Waals surface area contributed by atoms with E-state index < -0.39 is 25.4 Å². The quantitative estimate of drug-likeness (QED) is 0.721. The largest absolute Gasteiger partial charge is 0.493 e. The maximum Gasteiger partial charge on any atom is 0.154 e. The summed E-state index contributed by atoms with van der Waals surface area (Å²) in [5.41, 5.74) is 0.484. The summed E-state index contributed by atoms with van der Waals surface area (Å²) < 4.78 is 50.2. The lowest BCUT2D eigenvalue weighted by Crippen LogP contribution is -2.22. The summed E-state index contributed by atoms with van der Waals surface area (Å²) in [6.45, 7) is -0.0575. The van der Waals surface area contributed by atoms with E-state index in [1.54, 1.807) is 24.3 Å². The first-order valence-corrected chi connectivity index (χ1v) is 9.61. The molecule has 8 heteroatoms. The van der Waals surface area contributed by atoms with Gasteiger partial charge < -0.3 is 4.74 Å². The van der Waals surface area contributed by atoms with Gasteiger partial charge in [0.25, 0.3) is 0 Å². The molecule has 0 radical (unpaired) electrons. The van der Waals surface area contributed by atoms with Gasteiger partial charge in [-0.05, 0) is 24.3 Å². The van der Waals surface area contributed by atoms with Crippen molar-refractivity contribution in [1.29, 1.82) is 5.26 Å². The van der Waals surface area contributed by atoms with E-state index in [9.17, 15) is 16.8 Å². The Morgan fingerprint density at radius 1 is 1.05 bits per heavy atom. The van der Waals surface area contributed by atoms with Gasteiger partial charge in [-0.25, -0.2) is 16.8 Å². The number of nitriles is 1. The second-order valence-corrected chi connectivity index (χ2v) is 8.83. The van der Waals surface area contributed by atoms with Crippen molar-refractivity contribution in [3.05, 3.63) is 29.8 Å². The van der Waals surface area contributed by atoms with Crippen molar-refractivity contribution in [3.8, 4) is 11.8 Å². The highest BCUT2D eigenvalue weighted by atomic mass is 32.2. The molecule has 0 bridgehead atoms. The third-order valence-electron chi connectivity index (χ3n) is 2.41. The topological polar surface area (TPSA) is 101 Å². The molecule has 0 saturated carbocycles. The van der Waals surface area contributed by atoms with Gasteiger partial charge in [-0.3, -0.25) is 0 Å². The Labute approximate surface area is 118 Å². The minimum atomic E-state index is -3.45. The molecule has 0 saturated heterocycles. The normalized spacial score (nSPS) is 11.8. The lowest BCUT2D eigenvalue weighted by Gasteiger charge is -2.07. The van der Waals surface area contributed by atoms with Crippen molar-refractivity contribution in [3.63, 3.8) is 0 Å². The number of hydrogen-bond acceptors (Lipinski definition) is 6. The highest BCUT2D eigenvalue weighted by Gasteiger charge is 2.14. The number of nitrogens with zero attached hydrogens (tertiary/aromatic N) is 1. The van der Waals surface area contributed by atoms with Crippen molar-refractivity contribution in [1.82, 2.24) is 0 Å². The summed E-state index contributed by atoms with van der Waals surface area (Å²) in [5.74, 6) is -0.570. The zero-order valence-corrected chi connectivity index (χ0v) is 12.6. The molecular weight excluding hydrogens is 302 g/mol. The van der Waals surface area contributed by atoms with Gasteiger partial charge in [-0.1, -0.05) is 0 Å². The molecule has 0 unspecified atom stereocenters. The Morgan fingerprint density at radius 2 is 1.65 bits per heavy atom. The Hall–Kier alpha value is -1.59. The summed E-state index contributed by atoms with van der Waals surface area (Å²) >= 11 is 0. The van der Waals surface area contributed by atoms with Crippen LogP contribution in [0.3, 0.4) is 0 Å². The zero-order valence-electron chi connectivity index (χ0n) is 10.9. The predicted molar refractivity (Wildman–Crippen MR) is 75.0 cm³/mol. The summed E-state index contributed by atoms with van der Waals surface area (Å²) in [6.07, 6.45) is 0.996. The van der Waals surface area contributed by atoms with Crippen molar-refractivity contribution in [2.24, 2.45) is 0 Å². The summed E-state index contributed by atoms with van der Waals surface area (Å²) in [6, 6.07) is 8.23. The molecule has 0 fully saturated rings. The molecule has 110 valence electrons. The van der Waals surface area contributed by atoms with Crippen LogP contribution in [-0.2, 0) is 19.7 Å².